The van der Waals surface area contributed by atoms with Crippen LogP contribution in [0.25, 0.3) is 6.08 Å². The van der Waals surface area contributed by atoms with Crippen LogP contribution in [0, 0.1) is 0 Å². The SMILES string of the molecule is CCOc1cc(/C=C2\SC(=O)N(C)C2=O)cc(Br)c1OCC(=O)OC. The number of ether oxygens (including phenoxy) is 3. The van der Waals surface area contributed by atoms with Gasteiger partial charge in [-0.05, 0) is 58.4 Å². The minimum atomic E-state index is -0.518. The highest BCUT2D eigenvalue weighted by Crippen LogP contribution is 2.39. The number of amides is 2. The molecule has 2 amide bonds. The lowest BCUT2D eigenvalue weighted by atomic mass is 10.2. The molecule has 1 aliphatic rings. The van der Waals surface area contributed by atoms with E-state index in [1.165, 1.54) is 14.2 Å². The van der Waals surface area contributed by atoms with E-state index < -0.39 is 5.97 Å². The second kappa shape index (κ2) is 8.39. The highest BCUT2D eigenvalue weighted by Gasteiger charge is 2.31. The number of esters is 1. The van der Waals surface area contributed by atoms with Gasteiger partial charge >= 0.3 is 5.97 Å². The van der Waals surface area contributed by atoms with Crippen LogP contribution in [0.4, 0.5) is 4.79 Å². The standard InChI is InChI=1S/C16H16BrNO6S/c1-4-23-11-6-9(7-12-15(20)18(2)16(21)25-12)5-10(17)14(11)24-8-13(19)22-3/h5-7H,4,8H2,1-3H3/b12-7-. The maximum atomic E-state index is 12.0. The molecule has 0 spiro atoms. The number of carbonyl (C=O) groups is 3. The molecule has 1 aromatic carbocycles. The molecule has 0 N–H and O–H groups in total. The zero-order valence-corrected chi connectivity index (χ0v) is 16.2. The van der Waals surface area contributed by atoms with Gasteiger partial charge < -0.3 is 14.2 Å². The highest BCUT2D eigenvalue weighted by atomic mass is 79.9. The average molecular weight is 430 g/mol. The van der Waals surface area contributed by atoms with Crippen LogP contribution < -0.4 is 9.47 Å². The first-order chi connectivity index (χ1) is 11.9. The van der Waals surface area contributed by atoms with Gasteiger partial charge in [-0.2, -0.15) is 0 Å². The molecule has 134 valence electrons. The molecule has 0 atom stereocenters. The summed E-state index contributed by atoms with van der Waals surface area (Å²) in [7, 11) is 2.71. The van der Waals surface area contributed by atoms with Crippen molar-refractivity contribution >= 4 is 50.9 Å². The number of hydrogen-bond donors (Lipinski definition) is 0. The number of nitrogens with zero attached hydrogens (tertiary/aromatic N) is 1. The third-order valence-corrected chi connectivity index (χ3v) is 4.73. The van der Waals surface area contributed by atoms with Gasteiger partial charge in [0.1, 0.15) is 0 Å². The maximum absolute atomic E-state index is 12.0. The smallest absolute Gasteiger partial charge is 0.343 e. The van der Waals surface area contributed by atoms with Crippen LogP contribution in [0.3, 0.4) is 0 Å². The van der Waals surface area contributed by atoms with Crippen molar-refractivity contribution in [3.05, 3.63) is 27.1 Å². The summed E-state index contributed by atoms with van der Waals surface area (Å²) in [5, 5.41) is -0.321. The van der Waals surface area contributed by atoms with Crippen LogP contribution in [-0.4, -0.2) is 49.4 Å². The molecule has 25 heavy (non-hydrogen) atoms. The summed E-state index contributed by atoms with van der Waals surface area (Å²) in [5.41, 5.74) is 0.652. The third-order valence-electron chi connectivity index (χ3n) is 3.18. The topological polar surface area (TPSA) is 82.1 Å². The Morgan fingerprint density at radius 2 is 2.04 bits per heavy atom. The Bertz CT molecular complexity index is 748. The van der Waals surface area contributed by atoms with E-state index in [0.29, 0.717) is 33.0 Å². The minimum Gasteiger partial charge on any atom is -0.490 e. The van der Waals surface area contributed by atoms with Crippen molar-refractivity contribution in [2.75, 3.05) is 27.4 Å². The van der Waals surface area contributed by atoms with Crippen LogP contribution in [0.15, 0.2) is 21.5 Å². The first-order valence-electron chi connectivity index (χ1n) is 7.24. The molecule has 0 saturated carbocycles. The van der Waals surface area contributed by atoms with Gasteiger partial charge in [-0.25, -0.2) is 4.79 Å². The number of likely N-dealkylation sites (N-methyl/N-ethyl adjacent to an activating group) is 1. The van der Waals surface area contributed by atoms with Gasteiger partial charge in [0.05, 0.1) is 23.1 Å². The van der Waals surface area contributed by atoms with Crippen molar-refractivity contribution in [1.82, 2.24) is 4.90 Å². The average Bonchev–Trinajstić information content (AvgIpc) is 2.81. The molecule has 1 aliphatic heterocycles. The number of methoxy groups -OCH3 is 1. The van der Waals surface area contributed by atoms with Crippen molar-refractivity contribution in [2.45, 2.75) is 6.92 Å². The summed E-state index contributed by atoms with van der Waals surface area (Å²) in [5.74, 6) is -0.110. The number of carbonyl (C=O) groups excluding carboxylic acids is 3. The van der Waals surface area contributed by atoms with Crippen molar-refractivity contribution in [2.24, 2.45) is 0 Å². The summed E-state index contributed by atoms with van der Waals surface area (Å²) in [4.78, 5) is 36.2. The fraction of sp³-hybridized carbons (Fsp3) is 0.312. The molecule has 1 aromatic rings. The molecule has 9 heteroatoms. The Morgan fingerprint density at radius 3 is 2.60 bits per heavy atom. The van der Waals surface area contributed by atoms with Gasteiger partial charge in [0.15, 0.2) is 18.1 Å². The van der Waals surface area contributed by atoms with Gasteiger partial charge in [0, 0.05) is 7.05 Å². The first-order valence-corrected chi connectivity index (χ1v) is 8.85. The monoisotopic (exact) mass is 429 g/mol. The second-order valence-corrected chi connectivity index (χ2v) is 6.72. The van der Waals surface area contributed by atoms with E-state index in [0.717, 1.165) is 16.7 Å². The van der Waals surface area contributed by atoms with E-state index in [4.69, 9.17) is 9.47 Å². The molecule has 0 unspecified atom stereocenters. The van der Waals surface area contributed by atoms with E-state index in [1.807, 2.05) is 6.92 Å². The lowest BCUT2D eigenvalue weighted by Gasteiger charge is -2.14. The highest BCUT2D eigenvalue weighted by molar-refractivity contribution is 9.10. The van der Waals surface area contributed by atoms with Crippen LogP contribution in [-0.2, 0) is 14.3 Å². The number of benzene rings is 1. The number of rotatable bonds is 6. The minimum absolute atomic E-state index is 0.261. The second-order valence-electron chi connectivity index (χ2n) is 4.87. The zero-order valence-electron chi connectivity index (χ0n) is 13.8. The van der Waals surface area contributed by atoms with Crippen molar-refractivity contribution in [3.8, 4) is 11.5 Å². The largest absolute Gasteiger partial charge is 0.490 e. The normalized spacial score (nSPS) is 15.7. The predicted molar refractivity (Wildman–Crippen MR) is 96.6 cm³/mol. The van der Waals surface area contributed by atoms with E-state index in [1.54, 1.807) is 18.2 Å². The van der Waals surface area contributed by atoms with Crippen molar-refractivity contribution < 1.29 is 28.6 Å². The molecule has 1 saturated heterocycles. The number of thioether (sulfide) groups is 1. The number of halogens is 1. The Morgan fingerprint density at radius 1 is 1.32 bits per heavy atom. The quantitative estimate of drug-likeness (QED) is 0.507. The molecule has 1 fully saturated rings. The molecule has 0 bridgehead atoms. The first kappa shape index (κ1) is 19.3. The van der Waals surface area contributed by atoms with Gasteiger partial charge in [-0.15, -0.1) is 0 Å². The van der Waals surface area contributed by atoms with Crippen LogP contribution >= 0.6 is 27.7 Å². The fourth-order valence-corrected chi connectivity index (χ4v) is 3.36. The third kappa shape index (κ3) is 4.55. The summed E-state index contributed by atoms with van der Waals surface area (Å²) in [6.45, 7) is 1.94. The predicted octanol–water partition coefficient (Wildman–Crippen LogP) is 3.07. The molecule has 1 heterocycles. The van der Waals surface area contributed by atoms with E-state index in [9.17, 15) is 14.4 Å². The fourth-order valence-electron chi connectivity index (χ4n) is 1.96. The van der Waals surface area contributed by atoms with Crippen LogP contribution in [0.2, 0.25) is 0 Å². The van der Waals surface area contributed by atoms with E-state index in [2.05, 4.69) is 20.7 Å². The zero-order chi connectivity index (χ0) is 18.6. The maximum Gasteiger partial charge on any atom is 0.343 e. The number of imide groups is 1. The Labute approximate surface area is 157 Å². The summed E-state index contributed by atoms with van der Waals surface area (Å²) < 4.78 is 16.1. The van der Waals surface area contributed by atoms with Gasteiger partial charge in [0.25, 0.3) is 11.1 Å². The van der Waals surface area contributed by atoms with Crippen LogP contribution in [0.1, 0.15) is 12.5 Å². The molecule has 7 nitrogen and oxygen atoms in total. The van der Waals surface area contributed by atoms with Crippen LogP contribution in [0.5, 0.6) is 11.5 Å². The Balaban J connectivity index is 2.34. The van der Waals surface area contributed by atoms with Crippen molar-refractivity contribution in [3.63, 3.8) is 0 Å². The van der Waals surface area contributed by atoms with E-state index in [-0.39, 0.29) is 17.8 Å². The lowest BCUT2D eigenvalue weighted by molar-refractivity contribution is -0.143. The number of hydrogen-bond acceptors (Lipinski definition) is 7. The van der Waals surface area contributed by atoms with Gasteiger partial charge in [0.2, 0.25) is 0 Å². The van der Waals surface area contributed by atoms with E-state index >= 15 is 0 Å². The van der Waals surface area contributed by atoms with Gasteiger partial charge in [-0.3, -0.25) is 14.5 Å². The molecule has 0 aliphatic carbocycles. The van der Waals surface area contributed by atoms with Gasteiger partial charge in [-0.1, -0.05) is 0 Å². The summed E-state index contributed by atoms with van der Waals surface area (Å²) in [6.07, 6.45) is 1.60. The molecule has 0 aromatic heterocycles. The van der Waals surface area contributed by atoms with Crippen molar-refractivity contribution in [1.29, 1.82) is 0 Å². The molecule has 2 rings (SSSR count). The Hall–Kier alpha value is -2.00. The molecule has 0 radical (unpaired) electrons. The molecular weight excluding hydrogens is 414 g/mol. The molecular formula is C16H16BrNO6S. The lowest BCUT2D eigenvalue weighted by Crippen LogP contribution is -2.22. The Kier molecular flexibility index (Phi) is 6.49. The summed E-state index contributed by atoms with van der Waals surface area (Å²) in [6, 6.07) is 3.38. The summed E-state index contributed by atoms with van der Waals surface area (Å²) >= 11 is 4.25.